The number of nitrogens with zero attached hydrogens (tertiary/aromatic N) is 3. The fourth-order valence-corrected chi connectivity index (χ4v) is 3.01. The number of hydrogen-bond donors (Lipinski definition) is 0. The van der Waals surface area contributed by atoms with Gasteiger partial charge in [0.15, 0.2) is 5.76 Å². The van der Waals surface area contributed by atoms with E-state index in [1.807, 2.05) is 13.8 Å². The average Bonchev–Trinajstić information content (AvgIpc) is 3.17. The third-order valence-electron chi connectivity index (χ3n) is 4.55. The summed E-state index contributed by atoms with van der Waals surface area (Å²) < 4.78 is 5.66. The number of carbonyl (C=O) groups excluding carboxylic acids is 2. The predicted molar refractivity (Wildman–Crippen MR) is 98.1 cm³/mol. The predicted octanol–water partition coefficient (Wildman–Crippen LogP) is 2.80. The molecule has 0 radical (unpaired) electrons. The van der Waals surface area contributed by atoms with Crippen LogP contribution in [0.15, 0.2) is 40.8 Å². The molecular weight excluding hydrogens is 350 g/mol. The normalized spacial score (nSPS) is 14.5. The molecule has 27 heavy (non-hydrogen) atoms. The second kappa shape index (κ2) is 7.61. The molecule has 1 saturated heterocycles. The van der Waals surface area contributed by atoms with Gasteiger partial charge in [-0.3, -0.25) is 19.7 Å². The van der Waals surface area contributed by atoms with Gasteiger partial charge in [-0.05, 0) is 24.3 Å². The molecule has 2 heterocycles. The number of non-ortho nitro benzene ring substituents is 1. The van der Waals surface area contributed by atoms with Gasteiger partial charge >= 0.3 is 0 Å². The van der Waals surface area contributed by atoms with E-state index < -0.39 is 4.92 Å². The van der Waals surface area contributed by atoms with Crippen LogP contribution in [0.3, 0.4) is 0 Å². The van der Waals surface area contributed by atoms with E-state index in [0.717, 1.165) is 0 Å². The molecule has 0 N–H and O–H groups in total. The number of hydrogen-bond acceptors (Lipinski definition) is 5. The molecule has 142 valence electrons. The average molecular weight is 371 g/mol. The van der Waals surface area contributed by atoms with E-state index in [1.54, 1.807) is 34.1 Å². The van der Waals surface area contributed by atoms with Crippen LogP contribution in [-0.2, 0) is 4.79 Å². The maximum atomic E-state index is 12.6. The first-order valence-corrected chi connectivity index (χ1v) is 8.79. The van der Waals surface area contributed by atoms with Crippen LogP contribution >= 0.6 is 0 Å². The van der Waals surface area contributed by atoms with Crippen LogP contribution in [0.1, 0.15) is 24.4 Å². The minimum Gasteiger partial charge on any atom is -0.451 e. The van der Waals surface area contributed by atoms with Crippen molar-refractivity contribution in [2.45, 2.75) is 13.8 Å². The van der Waals surface area contributed by atoms with Crippen molar-refractivity contribution in [1.29, 1.82) is 0 Å². The quantitative estimate of drug-likeness (QED) is 0.608. The minimum atomic E-state index is -0.468. The smallest absolute Gasteiger partial charge is 0.289 e. The zero-order valence-corrected chi connectivity index (χ0v) is 15.3. The summed E-state index contributed by atoms with van der Waals surface area (Å²) in [6.45, 7) is 5.68. The molecule has 0 aliphatic carbocycles. The Morgan fingerprint density at radius 3 is 2.15 bits per heavy atom. The molecule has 8 nitrogen and oxygen atoms in total. The Morgan fingerprint density at radius 1 is 1.00 bits per heavy atom. The molecule has 1 aliphatic rings. The number of furan rings is 1. The molecule has 0 bridgehead atoms. The van der Waals surface area contributed by atoms with Crippen molar-refractivity contribution in [3.8, 4) is 11.3 Å². The van der Waals surface area contributed by atoms with Crippen LogP contribution in [-0.4, -0.2) is 52.7 Å². The highest BCUT2D eigenvalue weighted by atomic mass is 16.6. The van der Waals surface area contributed by atoms with Gasteiger partial charge < -0.3 is 14.2 Å². The van der Waals surface area contributed by atoms with Crippen LogP contribution in [0.2, 0.25) is 0 Å². The third-order valence-corrected chi connectivity index (χ3v) is 4.55. The van der Waals surface area contributed by atoms with Gasteiger partial charge in [-0.2, -0.15) is 0 Å². The second-order valence-corrected chi connectivity index (χ2v) is 6.74. The lowest BCUT2D eigenvalue weighted by Crippen LogP contribution is -2.51. The van der Waals surface area contributed by atoms with E-state index in [-0.39, 0.29) is 29.2 Å². The van der Waals surface area contributed by atoms with E-state index in [4.69, 9.17) is 4.42 Å². The van der Waals surface area contributed by atoms with E-state index in [9.17, 15) is 19.7 Å². The van der Waals surface area contributed by atoms with Crippen LogP contribution in [0.25, 0.3) is 11.3 Å². The monoisotopic (exact) mass is 371 g/mol. The highest BCUT2D eigenvalue weighted by molar-refractivity contribution is 5.92. The van der Waals surface area contributed by atoms with Gasteiger partial charge in [0.2, 0.25) is 5.91 Å². The van der Waals surface area contributed by atoms with Gasteiger partial charge in [0.05, 0.1) is 4.92 Å². The first kappa shape index (κ1) is 18.6. The number of benzene rings is 1. The van der Waals surface area contributed by atoms with Gasteiger partial charge in [0.1, 0.15) is 5.76 Å². The Balaban J connectivity index is 1.65. The highest BCUT2D eigenvalue weighted by Gasteiger charge is 2.27. The van der Waals surface area contributed by atoms with Gasteiger partial charge in [-0.15, -0.1) is 0 Å². The maximum Gasteiger partial charge on any atom is 0.289 e. The Bertz CT molecular complexity index is 848. The van der Waals surface area contributed by atoms with E-state index in [1.165, 1.54) is 12.1 Å². The van der Waals surface area contributed by atoms with E-state index >= 15 is 0 Å². The summed E-state index contributed by atoms with van der Waals surface area (Å²) in [5.41, 5.74) is 0.655. The number of rotatable bonds is 4. The first-order valence-electron chi connectivity index (χ1n) is 8.79. The summed E-state index contributed by atoms with van der Waals surface area (Å²) in [6, 6.07) is 9.23. The van der Waals surface area contributed by atoms with Crippen LogP contribution in [0, 0.1) is 16.0 Å². The van der Waals surface area contributed by atoms with E-state index in [0.29, 0.717) is 37.5 Å². The highest BCUT2D eigenvalue weighted by Crippen LogP contribution is 2.25. The number of carbonyl (C=O) groups is 2. The Kier molecular flexibility index (Phi) is 5.25. The summed E-state index contributed by atoms with van der Waals surface area (Å²) in [6.07, 6.45) is 0. The molecule has 0 atom stereocenters. The zero-order valence-electron chi connectivity index (χ0n) is 15.3. The maximum absolute atomic E-state index is 12.6. The molecule has 2 aromatic rings. The lowest BCUT2D eigenvalue weighted by molar-refractivity contribution is -0.384. The number of nitro benzene ring substituents is 1. The Morgan fingerprint density at radius 2 is 1.59 bits per heavy atom. The van der Waals surface area contributed by atoms with Gasteiger partial charge in [-0.25, -0.2) is 0 Å². The van der Waals surface area contributed by atoms with Crippen molar-refractivity contribution in [1.82, 2.24) is 9.80 Å². The van der Waals surface area contributed by atoms with Crippen molar-refractivity contribution in [2.75, 3.05) is 26.2 Å². The minimum absolute atomic E-state index is 0.00424. The summed E-state index contributed by atoms with van der Waals surface area (Å²) in [5.74, 6) is 0.510. The molecule has 1 aromatic carbocycles. The lowest BCUT2D eigenvalue weighted by atomic mass is 10.1. The third kappa shape index (κ3) is 3.99. The van der Waals surface area contributed by atoms with Crippen molar-refractivity contribution in [3.63, 3.8) is 0 Å². The largest absolute Gasteiger partial charge is 0.451 e. The first-order chi connectivity index (χ1) is 12.9. The standard InChI is InChI=1S/C19H21N3O5/c1-13(2)18(23)20-9-11-21(12-10-20)19(24)17-8-7-16(27-17)14-3-5-15(6-4-14)22(25)26/h3-8,13H,9-12H2,1-2H3. The van der Waals surface area contributed by atoms with Gasteiger partial charge in [0, 0.05) is 49.8 Å². The van der Waals surface area contributed by atoms with Crippen molar-refractivity contribution in [3.05, 3.63) is 52.3 Å². The fourth-order valence-electron chi connectivity index (χ4n) is 3.01. The summed E-state index contributed by atoms with van der Waals surface area (Å²) in [4.78, 5) is 38.4. The second-order valence-electron chi connectivity index (χ2n) is 6.74. The van der Waals surface area contributed by atoms with Crippen LogP contribution in [0.5, 0.6) is 0 Å². The van der Waals surface area contributed by atoms with Crippen LogP contribution in [0.4, 0.5) is 5.69 Å². The molecule has 1 aromatic heterocycles. The summed E-state index contributed by atoms with van der Waals surface area (Å²) in [7, 11) is 0. The Hall–Kier alpha value is -3.16. The molecule has 8 heteroatoms. The molecule has 2 amide bonds. The molecular formula is C19H21N3O5. The van der Waals surface area contributed by atoms with Crippen molar-refractivity contribution in [2.24, 2.45) is 5.92 Å². The molecule has 1 aliphatic heterocycles. The summed E-state index contributed by atoms with van der Waals surface area (Å²) >= 11 is 0. The van der Waals surface area contributed by atoms with Gasteiger partial charge in [0.25, 0.3) is 11.6 Å². The topological polar surface area (TPSA) is 96.9 Å². The fraction of sp³-hybridized carbons (Fsp3) is 0.368. The zero-order chi connectivity index (χ0) is 19.6. The van der Waals surface area contributed by atoms with E-state index in [2.05, 4.69) is 0 Å². The van der Waals surface area contributed by atoms with Crippen molar-refractivity contribution < 1.29 is 18.9 Å². The van der Waals surface area contributed by atoms with Gasteiger partial charge in [-0.1, -0.05) is 13.8 Å². The molecule has 1 fully saturated rings. The number of nitro groups is 1. The van der Waals surface area contributed by atoms with Crippen molar-refractivity contribution >= 4 is 17.5 Å². The summed E-state index contributed by atoms with van der Waals surface area (Å²) in [5, 5.41) is 10.7. The number of piperazine rings is 1. The SMILES string of the molecule is CC(C)C(=O)N1CCN(C(=O)c2ccc(-c3ccc([N+](=O)[O-])cc3)o2)CC1. The molecule has 3 rings (SSSR count). The number of amides is 2. The molecule has 0 saturated carbocycles. The van der Waals surface area contributed by atoms with Crippen LogP contribution < -0.4 is 0 Å². The molecule has 0 spiro atoms. The Labute approximate surface area is 156 Å². The lowest BCUT2D eigenvalue weighted by Gasteiger charge is -2.35. The molecule has 0 unspecified atom stereocenters.